The zero-order chi connectivity index (χ0) is 63.7. The van der Waals surface area contributed by atoms with Gasteiger partial charge in [0.25, 0.3) is 5.79 Å². The molecule has 38 heteroatoms. The van der Waals surface area contributed by atoms with E-state index in [1.165, 1.54) is 0 Å². The summed E-state index contributed by atoms with van der Waals surface area (Å²) in [4.78, 5) is 63.0. The number of amides is 4. The Hall–Kier alpha value is -3.77. The summed E-state index contributed by atoms with van der Waals surface area (Å²) in [5, 5.41) is 215. The Balaban J connectivity index is 1.50. The van der Waals surface area contributed by atoms with Crippen molar-refractivity contribution in [3.05, 3.63) is 0 Å². The van der Waals surface area contributed by atoms with Crippen molar-refractivity contribution in [2.45, 2.75) is 217 Å². The van der Waals surface area contributed by atoms with Gasteiger partial charge in [-0.3, -0.25) is 19.2 Å². The third-order valence-electron chi connectivity index (χ3n) is 14.6. The van der Waals surface area contributed by atoms with Gasteiger partial charge in [0.2, 0.25) is 23.6 Å². The minimum atomic E-state index is -3.37. The first-order valence-corrected chi connectivity index (χ1v) is 26.6. The summed E-state index contributed by atoms with van der Waals surface area (Å²) in [6.45, 7) is -3.82. The van der Waals surface area contributed by atoms with Gasteiger partial charge in [-0.2, -0.15) is 0 Å². The van der Waals surface area contributed by atoms with Crippen molar-refractivity contribution in [3.8, 4) is 0 Å². The lowest BCUT2D eigenvalue weighted by molar-refractivity contribution is -0.398. The van der Waals surface area contributed by atoms with Crippen LogP contribution in [0.15, 0.2) is 0 Å². The predicted molar refractivity (Wildman–Crippen MR) is 265 cm³/mol. The summed E-state index contributed by atoms with van der Waals surface area (Å²) in [6, 6.07) is -7.06. The molecule has 5 aliphatic rings. The van der Waals surface area contributed by atoms with Crippen molar-refractivity contribution in [1.29, 1.82) is 0 Å². The normalized spacial score (nSPS) is 41.0. The van der Waals surface area contributed by atoms with Crippen LogP contribution in [0.5, 0.6) is 0 Å². The predicted octanol–water partition coefficient (Wildman–Crippen LogP) is -14.7. The average molecular weight is 1250 g/mol. The second-order valence-electron chi connectivity index (χ2n) is 20.9. The van der Waals surface area contributed by atoms with Gasteiger partial charge in [0, 0.05) is 34.1 Å². The van der Waals surface area contributed by atoms with Gasteiger partial charge in [0.05, 0.1) is 64.4 Å². The molecular weight excluding hydrogens is 1160 g/mol. The number of ether oxygens (including phenoxy) is 10. The minimum Gasteiger partial charge on any atom is -0.477 e. The molecule has 0 radical (unpaired) electrons. The Kier molecular flexibility index (Phi) is 26.8. The van der Waals surface area contributed by atoms with Crippen LogP contribution in [0.25, 0.3) is 0 Å². The number of hydrogen-bond acceptors (Lipinski definition) is 33. The van der Waals surface area contributed by atoms with Crippen LogP contribution in [-0.2, 0) is 71.3 Å². The second kappa shape index (κ2) is 31.6. The van der Waals surface area contributed by atoms with Gasteiger partial charge in [0.1, 0.15) is 134 Å². The standard InChI is InChI=1S/C47H80N4O34/c1-13(58)48-17(6-52)37(81-44-35(72)34(71)31(68)22(9-55)78-44)29(66)20(64)12-76-42-27(51-16(4)61)33(70)38(23(10-56)79-42)82-45-36(73)41(39(24(11-57)80-45)83-43-26(50-15(3)60)32(69)30(67)21(8-54)77-43)85-47(46(74)75)5-18(62)25(49-14(2)59)40(84-47)28(65)19(63)7-53/h17-45,52-57,62-73H,5-12H2,1-4H3,(H,48,58)(H,49,59)(H,50,60)(H,51,61)(H,74,75)/t17-,18-,19+,20+,21+,22+,23+,24+,25+,26+,27+,28+,29-,30-,31-,32+,33+,34-,35+,36+,37+,38+,39-,40+,41+,42+,43-,44+,45-,47-/m0/s1. The summed E-state index contributed by atoms with van der Waals surface area (Å²) in [5.74, 6) is -9.03. The number of carbonyl (C=O) groups is 5. The Bertz CT molecular complexity index is 2160. The van der Waals surface area contributed by atoms with Crippen molar-refractivity contribution < 1.29 is 168 Å². The lowest BCUT2D eigenvalue weighted by Crippen LogP contribution is -2.72. The zero-order valence-electron chi connectivity index (χ0n) is 46.0. The smallest absolute Gasteiger partial charge is 0.364 e. The second-order valence-corrected chi connectivity index (χ2v) is 20.9. The Labute approximate surface area is 482 Å². The van der Waals surface area contributed by atoms with Crippen molar-refractivity contribution >= 4 is 29.6 Å². The molecule has 5 heterocycles. The monoisotopic (exact) mass is 1240 g/mol. The van der Waals surface area contributed by atoms with E-state index >= 15 is 0 Å². The van der Waals surface area contributed by atoms with Crippen LogP contribution in [0.1, 0.15) is 34.1 Å². The van der Waals surface area contributed by atoms with Gasteiger partial charge in [-0.05, 0) is 0 Å². The number of nitrogens with one attached hydrogen (secondary N) is 4. The Morgan fingerprint density at radius 3 is 1.54 bits per heavy atom. The summed E-state index contributed by atoms with van der Waals surface area (Å²) >= 11 is 0. The quantitative estimate of drug-likeness (QED) is 0.0363. The third-order valence-corrected chi connectivity index (χ3v) is 14.6. The zero-order valence-corrected chi connectivity index (χ0v) is 46.0. The molecular formula is C47H80N4O34. The molecule has 0 aromatic rings. The highest BCUT2D eigenvalue weighted by Gasteiger charge is 2.62. The number of carboxylic acid groups (broad SMARTS) is 1. The van der Waals surface area contributed by atoms with Crippen molar-refractivity contribution in [2.24, 2.45) is 0 Å². The lowest BCUT2D eigenvalue weighted by atomic mass is 9.88. The largest absolute Gasteiger partial charge is 0.477 e. The van der Waals surface area contributed by atoms with E-state index in [9.17, 15) is 121 Å². The number of carboxylic acids is 1. The molecule has 5 rings (SSSR count). The topological polar surface area (TPSA) is 610 Å². The molecule has 492 valence electrons. The van der Waals surface area contributed by atoms with Crippen molar-refractivity contribution in [2.75, 3.05) is 46.2 Å². The van der Waals surface area contributed by atoms with Gasteiger partial charge in [-0.1, -0.05) is 0 Å². The SMILES string of the molecule is CC(=O)N[C@H]1[C@H](OC[C@@H](O)[C@H](O)[C@H](O[C@H]2O[C@H](CO)[C@H](O)[C@H](O)[C@H]2O)[C@H](CO)NC(C)=O)O[C@H](CO)[C@@H](O[C@@H]2O[C@H](CO)[C@H](O[C@@H]3O[C@H](CO)[C@H](O)[C@H](O)[C@H]3NC(C)=O)[C@H](O[C@]3(C(=O)O)C[C@H](O)[C@@H](NC(C)=O)[C@H]([C@H](O)[C@H](O)CO)O3)[C@H]2O)[C@@H]1O. The highest BCUT2D eigenvalue weighted by molar-refractivity contribution is 5.77. The van der Waals surface area contributed by atoms with Crippen LogP contribution in [0, 0.1) is 0 Å². The van der Waals surface area contributed by atoms with Crippen LogP contribution in [0.3, 0.4) is 0 Å². The Morgan fingerprint density at radius 2 is 1.02 bits per heavy atom. The van der Waals surface area contributed by atoms with E-state index in [0.29, 0.717) is 0 Å². The maximum Gasteiger partial charge on any atom is 0.364 e. The van der Waals surface area contributed by atoms with E-state index in [1.54, 1.807) is 0 Å². The van der Waals surface area contributed by atoms with E-state index in [0.717, 1.165) is 27.7 Å². The minimum absolute atomic E-state index is 0.820. The van der Waals surface area contributed by atoms with Gasteiger partial charge in [-0.25, -0.2) is 4.79 Å². The molecule has 30 atom stereocenters. The lowest BCUT2D eigenvalue weighted by Gasteiger charge is -2.52. The van der Waals surface area contributed by atoms with Gasteiger partial charge in [0.15, 0.2) is 25.2 Å². The van der Waals surface area contributed by atoms with Gasteiger partial charge >= 0.3 is 5.97 Å². The maximum absolute atomic E-state index is 13.5. The number of aliphatic hydroxyl groups is 18. The molecule has 38 nitrogen and oxygen atoms in total. The van der Waals surface area contributed by atoms with E-state index in [2.05, 4.69) is 21.3 Å². The maximum atomic E-state index is 13.5. The number of carbonyl (C=O) groups excluding carboxylic acids is 4. The molecule has 0 aliphatic carbocycles. The van der Waals surface area contributed by atoms with Crippen molar-refractivity contribution in [3.63, 3.8) is 0 Å². The van der Waals surface area contributed by atoms with Crippen LogP contribution >= 0.6 is 0 Å². The molecule has 0 spiro atoms. The van der Waals surface area contributed by atoms with Gasteiger partial charge in [-0.15, -0.1) is 0 Å². The van der Waals surface area contributed by atoms with Crippen LogP contribution in [-0.4, -0.2) is 356 Å². The molecule has 0 unspecified atom stereocenters. The third kappa shape index (κ3) is 16.9. The van der Waals surface area contributed by atoms with E-state index < -0.39 is 266 Å². The first-order valence-electron chi connectivity index (χ1n) is 26.6. The number of aliphatic carboxylic acids is 1. The van der Waals surface area contributed by atoms with E-state index in [1.807, 2.05) is 0 Å². The summed E-state index contributed by atoms with van der Waals surface area (Å²) in [5.41, 5.74) is 0. The molecule has 5 aliphatic heterocycles. The summed E-state index contributed by atoms with van der Waals surface area (Å²) in [7, 11) is 0. The van der Waals surface area contributed by atoms with E-state index in [4.69, 9.17) is 47.4 Å². The molecule has 5 fully saturated rings. The van der Waals surface area contributed by atoms with Gasteiger partial charge < -0.3 is 166 Å². The molecule has 0 aromatic heterocycles. The first kappa shape index (κ1) is 72.0. The molecule has 0 aromatic carbocycles. The molecule has 0 saturated carbocycles. The summed E-state index contributed by atoms with van der Waals surface area (Å²) in [6.07, 6.45) is -53.5. The number of rotatable bonds is 27. The molecule has 85 heavy (non-hydrogen) atoms. The van der Waals surface area contributed by atoms with Crippen LogP contribution in [0.4, 0.5) is 0 Å². The fraction of sp³-hybridized carbons (Fsp3) is 0.894. The number of hydrogen-bond donors (Lipinski definition) is 23. The average Bonchev–Trinajstić information content (AvgIpc) is 1.32. The number of aliphatic hydroxyl groups excluding tert-OH is 18. The van der Waals surface area contributed by atoms with Crippen molar-refractivity contribution in [1.82, 2.24) is 21.3 Å². The fourth-order valence-corrected chi connectivity index (χ4v) is 10.3. The van der Waals surface area contributed by atoms with Crippen LogP contribution < -0.4 is 21.3 Å². The summed E-state index contributed by atoms with van der Waals surface area (Å²) < 4.78 is 58.1. The molecule has 4 amide bonds. The Morgan fingerprint density at radius 1 is 0.529 bits per heavy atom. The molecule has 5 saturated heterocycles. The first-order chi connectivity index (χ1) is 39.9. The highest BCUT2D eigenvalue weighted by Crippen LogP contribution is 2.40. The fourth-order valence-electron chi connectivity index (χ4n) is 10.3. The van der Waals surface area contributed by atoms with E-state index in [-0.39, 0.29) is 0 Å². The molecule has 0 bridgehead atoms. The van der Waals surface area contributed by atoms with Crippen LogP contribution in [0.2, 0.25) is 0 Å². The molecule has 23 N–H and O–H groups in total. The highest BCUT2D eigenvalue weighted by atomic mass is 16.8.